The van der Waals surface area contributed by atoms with Crippen LogP contribution >= 0.6 is 11.3 Å². The van der Waals surface area contributed by atoms with E-state index in [1.54, 1.807) is 37.3 Å². The second-order valence-electron chi connectivity index (χ2n) is 7.21. The molecule has 0 radical (unpaired) electrons. The largest absolute Gasteiger partial charge is 0.492 e. The smallest absolute Gasteiger partial charge is 0.265 e. The summed E-state index contributed by atoms with van der Waals surface area (Å²) in [7, 11) is -3.75. The second-order valence-corrected chi connectivity index (χ2v) is 10.2. The first-order chi connectivity index (χ1) is 15.9. The van der Waals surface area contributed by atoms with Gasteiger partial charge in [-0.1, -0.05) is 18.2 Å². The Hall–Kier alpha value is -2.79. The first-order valence-electron chi connectivity index (χ1n) is 10.4. The number of benzene rings is 2. The van der Waals surface area contributed by atoms with Gasteiger partial charge in [-0.25, -0.2) is 12.8 Å². The van der Waals surface area contributed by atoms with Crippen molar-refractivity contribution in [3.8, 4) is 16.2 Å². The zero-order valence-corrected chi connectivity index (χ0v) is 19.5. The molecule has 3 aromatic rings. The van der Waals surface area contributed by atoms with E-state index in [4.69, 9.17) is 9.47 Å². The number of hydrogen-bond donors (Lipinski definition) is 1. The Kier molecular flexibility index (Phi) is 7.08. The van der Waals surface area contributed by atoms with E-state index in [9.17, 15) is 17.6 Å². The van der Waals surface area contributed by atoms with Gasteiger partial charge in [-0.2, -0.15) is 4.31 Å². The molecule has 2 heterocycles. The lowest BCUT2D eigenvalue weighted by atomic mass is 10.2. The highest BCUT2D eigenvalue weighted by atomic mass is 32.2. The third-order valence-corrected chi connectivity index (χ3v) is 8.09. The van der Waals surface area contributed by atoms with Crippen LogP contribution in [0, 0.1) is 5.82 Å². The number of halogens is 1. The number of carbonyl (C=O) groups is 1. The fraction of sp³-hybridized carbons (Fsp3) is 0.261. The molecule has 10 heteroatoms. The standard InChI is InChI=1S/C23H23FN2O5S2/c1-2-31-20-8-7-16(33(28,29)26-11-13-30-14-12-26)15-19(20)25-23(27)22-10-9-21(32-22)17-5-3-4-6-18(17)24/h3-10,15H,2,11-14H2,1H3,(H,25,27). The van der Waals surface area contributed by atoms with Gasteiger partial charge in [0.15, 0.2) is 0 Å². The summed E-state index contributed by atoms with van der Waals surface area (Å²) in [5.41, 5.74) is 0.659. The Labute approximate surface area is 195 Å². The number of morpholine rings is 1. The quantitative estimate of drug-likeness (QED) is 0.536. The Bertz CT molecular complexity index is 1250. The number of ether oxygens (including phenoxy) is 2. The molecule has 1 aliphatic heterocycles. The van der Waals surface area contributed by atoms with Crippen LogP contribution in [-0.4, -0.2) is 51.5 Å². The van der Waals surface area contributed by atoms with E-state index in [2.05, 4.69) is 5.32 Å². The minimum Gasteiger partial charge on any atom is -0.492 e. The zero-order chi connectivity index (χ0) is 23.4. The average Bonchev–Trinajstić information content (AvgIpc) is 3.31. The predicted octanol–water partition coefficient (Wildman–Crippen LogP) is 4.23. The molecule has 1 aromatic heterocycles. The van der Waals surface area contributed by atoms with Crippen molar-refractivity contribution in [3.05, 3.63) is 65.3 Å². The van der Waals surface area contributed by atoms with Gasteiger partial charge in [0.2, 0.25) is 10.0 Å². The molecule has 7 nitrogen and oxygen atoms in total. The first-order valence-corrected chi connectivity index (χ1v) is 12.7. The molecule has 1 fully saturated rings. The molecule has 1 amide bonds. The van der Waals surface area contributed by atoms with Gasteiger partial charge in [0.05, 0.1) is 35.3 Å². The lowest BCUT2D eigenvalue weighted by Gasteiger charge is -2.26. The van der Waals surface area contributed by atoms with Crippen LogP contribution in [0.25, 0.3) is 10.4 Å². The van der Waals surface area contributed by atoms with Crippen LogP contribution in [-0.2, 0) is 14.8 Å². The maximum Gasteiger partial charge on any atom is 0.265 e. The molecule has 2 aromatic carbocycles. The molecule has 4 rings (SSSR count). The molecule has 0 aliphatic carbocycles. The lowest BCUT2D eigenvalue weighted by molar-refractivity contribution is 0.0730. The Morgan fingerprint density at radius 3 is 2.64 bits per heavy atom. The van der Waals surface area contributed by atoms with Crippen molar-refractivity contribution in [1.29, 1.82) is 0 Å². The van der Waals surface area contributed by atoms with E-state index < -0.39 is 15.9 Å². The molecule has 0 spiro atoms. The minimum atomic E-state index is -3.75. The zero-order valence-electron chi connectivity index (χ0n) is 17.9. The van der Waals surface area contributed by atoms with Gasteiger partial charge in [-0.05, 0) is 43.3 Å². The van der Waals surface area contributed by atoms with E-state index in [0.29, 0.717) is 40.9 Å². The van der Waals surface area contributed by atoms with Crippen LogP contribution in [0.3, 0.4) is 0 Å². The summed E-state index contributed by atoms with van der Waals surface area (Å²) in [6.07, 6.45) is 0. The molecule has 0 saturated carbocycles. The summed E-state index contributed by atoms with van der Waals surface area (Å²) in [5.74, 6) is -0.451. The Morgan fingerprint density at radius 2 is 1.91 bits per heavy atom. The Morgan fingerprint density at radius 1 is 1.15 bits per heavy atom. The van der Waals surface area contributed by atoms with Crippen molar-refractivity contribution in [3.63, 3.8) is 0 Å². The molecule has 0 atom stereocenters. The number of sulfonamides is 1. The molecular weight excluding hydrogens is 467 g/mol. The third-order valence-electron chi connectivity index (χ3n) is 5.08. The summed E-state index contributed by atoms with van der Waals surface area (Å²) in [6.45, 7) is 3.35. The molecule has 1 saturated heterocycles. The second kappa shape index (κ2) is 10.0. The van der Waals surface area contributed by atoms with Crippen molar-refractivity contribution in [1.82, 2.24) is 4.31 Å². The number of hydrogen-bond acceptors (Lipinski definition) is 6. The maximum atomic E-state index is 14.1. The highest BCUT2D eigenvalue weighted by Crippen LogP contribution is 2.33. The van der Waals surface area contributed by atoms with Crippen molar-refractivity contribution >= 4 is 33.0 Å². The Balaban J connectivity index is 1.61. The molecule has 1 N–H and O–H groups in total. The maximum absolute atomic E-state index is 14.1. The van der Waals surface area contributed by atoms with Gasteiger partial charge in [0.1, 0.15) is 11.6 Å². The van der Waals surface area contributed by atoms with Crippen molar-refractivity contribution < 1.29 is 27.1 Å². The topological polar surface area (TPSA) is 84.9 Å². The fourth-order valence-corrected chi connectivity index (χ4v) is 5.80. The van der Waals surface area contributed by atoms with Crippen LogP contribution in [0.15, 0.2) is 59.5 Å². The highest BCUT2D eigenvalue weighted by Gasteiger charge is 2.27. The summed E-state index contributed by atoms with van der Waals surface area (Å²) >= 11 is 1.15. The van der Waals surface area contributed by atoms with E-state index in [1.807, 2.05) is 0 Å². The van der Waals surface area contributed by atoms with Crippen LogP contribution in [0.5, 0.6) is 5.75 Å². The number of amides is 1. The number of nitrogens with zero attached hydrogens (tertiary/aromatic N) is 1. The number of carbonyl (C=O) groups excluding carboxylic acids is 1. The summed E-state index contributed by atoms with van der Waals surface area (Å²) in [4.78, 5) is 14.0. The monoisotopic (exact) mass is 490 g/mol. The van der Waals surface area contributed by atoms with E-state index in [-0.39, 0.29) is 29.5 Å². The predicted molar refractivity (Wildman–Crippen MR) is 125 cm³/mol. The molecule has 0 bridgehead atoms. The molecule has 0 unspecified atom stereocenters. The number of rotatable bonds is 7. The van der Waals surface area contributed by atoms with E-state index in [1.165, 1.54) is 28.6 Å². The van der Waals surface area contributed by atoms with Gasteiger partial charge < -0.3 is 14.8 Å². The van der Waals surface area contributed by atoms with Crippen molar-refractivity contribution in [2.45, 2.75) is 11.8 Å². The van der Waals surface area contributed by atoms with Crippen molar-refractivity contribution in [2.24, 2.45) is 0 Å². The van der Waals surface area contributed by atoms with Gasteiger partial charge >= 0.3 is 0 Å². The number of nitrogens with one attached hydrogen (secondary N) is 1. The average molecular weight is 491 g/mol. The number of thiophene rings is 1. The molecule has 1 aliphatic rings. The first kappa shape index (κ1) is 23.4. The van der Waals surface area contributed by atoms with Gasteiger partial charge in [0, 0.05) is 23.5 Å². The van der Waals surface area contributed by atoms with Crippen LogP contribution in [0.2, 0.25) is 0 Å². The minimum absolute atomic E-state index is 0.0568. The van der Waals surface area contributed by atoms with Gasteiger partial charge in [-0.15, -0.1) is 11.3 Å². The van der Waals surface area contributed by atoms with E-state index in [0.717, 1.165) is 11.3 Å². The summed E-state index contributed by atoms with van der Waals surface area (Å²) in [6, 6.07) is 14.0. The van der Waals surface area contributed by atoms with Crippen molar-refractivity contribution in [2.75, 3.05) is 38.2 Å². The molecule has 33 heavy (non-hydrogen) atoms. The van der Waals surface area contributed by atoms with Gasteiger partial charge in [-0.3, -0.25) is 4.79 Å². The molecular formula is C23H23FN2O5S2. The SMILES string of the molecule is CCOc1ccc(S(=O)(=O)N2CCOCC2)cc1NC(=O)c1ccc(-c2ccccc2F)s1. The van der Waals surface area contributed by atoms with Gasteiger partial charge in [0.25, 0.3) is 5.91 Å². The number of anilines is 1. The van der Waals surface area contributed by atoms with E-state index >= 15 is 0 Å². The lowest BCUT2D eigenvalue weighted by Crippen LogP contribution is -2.40. The third kappa shape index (κ3) is 5.09. The van der Waals surface area contributed by atoms with Crippen LogP contribution < -0.4 is 10.1 Å². The fourth-order valence-electron chi connectivity index (χ4n) is 3.43. The summed E-state index contributed by atoms with van der Waals surface area (Å²) in [5, 5.41) is 2.75. The highest BCUT2D eigenvalue weighted by molar-refractivity contribution is 7.89. The summed E-state index contributed by atoms with van der Waals surface area (Å²) < 4.78 is 52.4. The van der Waals surface area contributed by atoms with Crippen LogP contribution in [0.4, 0.5) is 10.1 Å². The van der Waals surface area contributed by atoms with Crippen LogP contribution in [0.1, 0.15) is 16.6 Å². The normalized spacial score (nSPS) is 14.7. The molecule has 174 valence electrons.